The van der Waals surface area contributed by atoms with Gasteiger partial charge in [0.15, 0.2) is 0 Å². The maximum atomic E-state index is 12.3. The number of carbonyl (C=O) groups excluding carboxylic acids is 1. The summed E-state index contributed by atoms with van der Waals surface area (Å²) in [5.41, 5.74) is 2.82. The number of hydrogen-bond donors (Lipinski definition) is 2. The predicted octanol–water partition coefficient (Wildman–Crippen LogP) is 2.23. The number of carbonyl (C=O) groups is 1. The Balaban J connectivity index is 1.62. The average molecular weight is 341 g/mol. The van der Waals surface area contributed by atoms with Crippen LogP contribution in [0.25, 0.3) is 0 Å². The normalized spacial score (nSPS) is 15.9. The minimum atomic E-state index is -0.233. The van der Waals surface area contributed by atoms with Crippen LogP contribution in [-0.4, -0.2) is 43.2 Å². The van der Waals surface area contributed by atoms with E-state index >= 15 is 0 Å². The number of para-hydroxylation sites is 2. The van der Waals surface area contributed by atoms with Gasteiger partial charge in [0, 0.05) is 32.0 Å². The van der Waals surface area contributed by atoms with Crippen molar-refractivity contribution >= 4 is 17.7 Å². The van der Waals surface area contributed by atoms with Gasteiger partial charge in [0.1, 0.15) is 5.75 Å². The quantitative estimate of drug-likeness (QED) is 0.891. The summed E-state index contributed by atoms with van der Waals surface area (Å²) in [6.45, 7) is 0. The summed E-state index contributed by atoms with van der Waals surface area (Å²) < 4.78 is 5.25. The van der Waals surface area contributed by atoms with Gasteiger partial charge >= 0.3 is 6.03 Å². The molecule has 0 fully saturated rings. The fourth-order valence-corrected chi connectivity index (χ4v) is 2.93. The van der Waals surface area contributed by atoms with Crippen molar-refractivity contribution in [2.45, 2.75) is 25.3 Å². The first-order valence-electron chi connectivity index (χ1n) is 8.29. The van der Waals surface area contributed by atoms with Crippen LogP contribution in [0.2, 0.25) is 0 Å². The van der Waals surface area contributed by atoms with Crippen molar-refractivity contribution in [3.63, 3.8) is 0 Å². The zero-order chi connectivity index (χ0) is 17.8. The monoisotopic (exact) mass is 341 g/mol. The van der Waals surface area contributed by atoms with E-state index in [0.717, 1.165) is 36.5 Å². The SMILES string of the molecule is COc1ccccc1NC(=O)N[C@@H]1CCc2nc(N(C)C)ncc2C1. The number of ether oxygens (including phenoxy) is 1. The van der Waals surface area contributed by atoms with Gasteiger partial charge in [-0.1, -0.05) is 12.1 Å². The van der Waals surface area contributed by atoms with Crippen molar-refractivity contribution in [1.29, 1.82) is 0 Å². The number of nitrogens with zero attached hydrogens (tertiary/aromatic N) is 3. The zero-order valence-electron chi connectivity index (χ0n) is 14.7. The lowest BCUT2D eigenvalue weighted by atomic mass is 9.93. The van der Waals surface area contributed by atoms with Gasteiger partial charge in [-0.15, -0.1) is 0 Å². The molecule has 2 N–H and O–H groups in total. The minimum Gasteiger partial charge on any atom is -0.495 e. The largest absolute Gasteiger partial charge is 0.495 e. The molecule has 7 heteroatoms. The number of urea groups is 1. The fraction of sp³-hybridized carbons (Fsp3) is 0.389. The number of hydrogen-bond acceptors (Lipinski definition) is 5. The Morgan fingerprint density at radius 3 is 2.88 bits per heavy atom. The summed E-state index contributed by atoms with van der Waals surface area (Å²) in [5.74, 6) is 1.36. The Bertz CT molecular complexity index is 763. The second kappa shape index (κ2) is 7.38. The highest BCUT2D eigenvalue weighted by molar-refractivity contribution is 5.91. The van der Waals surface area contributed by atoms with Gasteiger partial charge < -0.3 is 20.3 Å². The smallest absolute Gasteiger partial charge is 0.319 e. The first-order valence-corrected chi connectivity index (χ1v) is 8.29. The number of fused-ring (bicyclic) bond motifs is 1. The average Bonchev–Trinajstić information content (AvgIpc) is 2.61. The molecule has 1 atom stereocenters. The van der Waals surface area contributed by atoms with Crippen LogP contribution in [0, 0.1) is 0 Å². The van der Waals surface area contributed by atoms with Crippen molar-refractivity contribution in [1.82, 2.24) is 15.3 Å². The maximum Gasteiger partial charge on any atom is 0.319 e. The maximum absolute atomic E-state index is 12.3. The third-order valence-electron chi connectivity index (χ3n) is 4.23. The third-order valence-corrected chi connectivity index (χ3v) is 4.23. The van der Waals surface area contributed by atoms with E-state index in [9.17, 15) is 4.79 Å². The van der Waals surface area contributed by atoms with Gasteiger partial charge in [-0.3, -0.25) is 0 Å². The summed E-state index contributed by atoms with van der Waals surface area (Å²) >= 11 is 0. The molecule has 3 rings (SSSR count). The minimum absolute atomic E-state index is 0.0658. The molecule has 0 bridgehead atoms. The summed E-state index contributed by atoms with van der Waals surface area (Å²) in [7, 11) is 5.44. The van der Waals surface area contributed by atoms with Gasteiger partial charge in [0.25, 0.3) is 0 Å². The summed E-state index contributed by atoms with van der Waals surface area (Å²) in [6, 6.07) is 7.17. The first-order chi connectivity index (χ1) is 12.1. The van der Waals surface area contributed by atoms with Gasteiger partial charge in [0.2, 0.25) is 5.95 Å². The highest BCUT2D eigenvalue weighted by Gasteiger charge is 2.22. The molecule has 132 valence electrons. The second-order valence-electron chi connectivity index (χ2n) is 6.27. The molecule has 0 saturated carbocycles. The van der Waals surface area contributed by atoms with E-state index in [0.29, 0.717) is 11.4 Å². The zero-order valence-corrected chi connectivity index (χ0v) is 14.7. The molecule has 0 aliphatic heterocycles. The van der Waals surface area contributed by atoms with E-state index < -0.39 is 0 Å². The summed E-state index contributed by atoms with van der Waals surface area (Å²) in [6.07, 6.45) is 4.29. The Labute approximate surface area is 147 Å². The highest BCUT2D eigenvalue weighted by Crippen LogP contribution is 2.24. The lowest BCUT2D eigenvalue weighted by Gasteiger charge is -2.25. The van der Waals surface area contributed by atoms with E-state index in [2.05, 4.69) is 20.6 Å². The number of amides is 2. The van der Waals surface area contributed by atoms with Crippen molar-refractivity contribution in [2.75, 3.05) is 31.4 Å². The highest BCUT2D eigenvalue weighted by atomic mass is 16.5. The summed E-state index contributed by atoms with van der Waals surface area (Å²) in [5, 5.41) is 5.87. The molecule has 0 unspecified atom stereocenters. The number of anilines is 2. The number of nitrogens with one attached hydrogen (secondary N) is 2. The number of methoxy groups -OCH3 is 1. The second-order valence-corrected chi connectivity index (χ2v) is 6.27. The van der Waals surface area contributed by atoms with Crippen LogP contribution in [0.15, 0.2) is 30.5 Å². The van der Waals surface area contributed by atoms with Crippen LogP contribution in [0.1, 0.15) is 17.7 Å². The van der Waals surface area contributed by atoms with E-state index in [1.165, 1.54) is 0 Å². The molecule has 0 saturated heterocycles. The van der Waals surface area contributed by atoms with E-state index in [1.54, 1.807) is 7.11 Å². The number of aryl methyl sites for hydroxylation is 1. The topological polar surface area (TPSA) is 79.4 Å². The van der Waals surface area contributed by atoms with E-state index in [-0.39, 0.29) is 12.1 Å². The molecule has 2 aromatic rings. The van der Waals surface area contributed by atoms with E-state index in [1.807, 2.05) is 49.5 Å². The number of rotatable bonds is 4. The number of aromatic nitrogens is 2. The van der Waals surface area contributed by atoms with Crippen molar-refractivity contribution in [3.05, 3.63) is 41.7 Å². The lowest BCUT2D eigenvalue weighted by molar-refractivity contribution is 0.247. The van der Waals surface area contributed by atoms with Crippen LogP contribution in [0.3, 0.4) is 0 Å². The Hall–Kier alpha value is -2.83. The molecular weight excluding hydrogens is 318 g/mol. The van der Waals surface area contributed by atoms with Crippen LogP contribution in [-0.2, 0) is 12.8 Å². The first kappa shape index (κ1) is 17.0. The van der Waals surface area contributed by atoms with Gasteiger partial charge in [-0.2, -0.15) is 0 Å². The van der Waals surface area contributed by atoms with Crippen LogP contribution >= 0.6 is 0 Å². The van der Waals surface area contributed by atoms with E-state index in [4.69, 9.17) is 4.74 Å². The van der Waals surface area contributed by atoms with Gasteiger partial charge in [0.05, 0.1) is 12.8 Å². The van der Waals surface area contributed by atoms with Crippen molar-refractivity contribution in [3.8, 4) is 5.75 Å². The van der Waals surface area contributed by atoms with Crippen molar-refractivity contribution < 1.29 is 9.53 Å². The molecular formula is C18H23N5O2. The molecule has 0 radical (unpaired) electrons. The van der Waals surface area contributed by atoms with Gasteiger partial charge in [-0.25, -0.2) is 14.8 Å². The molecule has 1 aliphatic carbocycles. The van der Waals surface area contributed by atoms with Crippen molar-refractivity contribution in [2.24, 2.45) is 0 Å². The van der Waals surface area contributed by atoms with Crippen LogP contribution in [0.5, 0.6) is 5.75 Å². The molecule has 0 spiro atoms. The molecule has 7 nitrogen and oxygen atoms in total. The van der Waals surface area contributed by atoms with Gasteiger partial charge in [-0.05, 0) is 37.0 Å². The Morgan fingerprint density at radius 1 is 1.32 bits per heavy atom. The molecule has 1 aliphatic rings. The molecule has 2 amide bonds. The molecule has 1 aromatic heterocycles. The Kier molecular flexibility index (Phi) is 5.02. The molecule has 1 aromatic carbocycles. The standard InChI is InChI=1S/C18H23N5O2/c1-23(2)17-19-11-12-10-13(8-9-14(12)21-17)20-18(24)22-15-6-4-5-7-16(15)25-3/h4-7,11,13H,8-10H2,1-3H3,(H2,20,22,24)/t13-/m1/s1. The summed E-state index contributed by atoms with van der Waals surface area (Å²) in [4.78, 5) is 23.1. The van der Waals surface area contributed by atoms with Crippen LogP contribution in [0.4, 0.5) is 16.4 Å². The number of benzene rings is 1. The third kappa shape index (κ3) is 3.99. The lowest BCUT2D eigenvalue weighted by Crippen LogP contribution is -2.41. The predicted molar refractivity (Wildman–Crippen MR) is 97.3 cm³/mol. The fourth-order valence-electron chi connectivity index (χ4n) is 2.93. The van der Waals surface area contributed by atoms with Crippen LogP contribution < -0.4 is 20.3 Å². The Morgan fingerprint density at radius 2 is 2.12 bits per heavy atom. The molecule has 25 heavy (non-hydrogen) atoms. The molecule has 1 heterocycles.